The fourth-order valence-electron chi connectivity index (χ4n) is 4.20. The number of amides is 2. The zero-order valence-electron chi connectivity index (χ0n) is 17.4. The zero-order valence-corrected chi connectivity index (χ0v) is 17.4. The summed E-state index contributed by atoms with van der Waals surface area (Å²) in [7, 11) is 1.87. The van der Waals surface area contributed by atoms with Gasteiger partial charge in [0, 0.05) is 56.6 Å². The number of benzene rings is 1. The number of aryl methyl sites for hydroxylation is 1. The predicted molar refractivity (Wildman–Crippen MR) is 112 cm³/mol. The molecule has 1 N–H and O–H groups in total. The van der Waals surface area contributed by atoms with Gasteiger partial charge in [0.05, 0.1) is 19.4 Å². The summed E-state index contributed by atoms with van der Waals surface area (Å²) in [6, 6.07) is 9.00. The second-order valence-electron chi connectivity index (χ2n) is 7.94. The van der Waals surface area contributed by atoms with Crippen molar-refractivity contribution in [2.45, 2.75) is 24.9 Å². The molecule has 0 aliphatic carbocycles. The summed E-state index contributed by atoms with van der Waals surface area (Å²) in [4.78, 5) is 30.0. The third kappa shape index (κ3) is 4.71. The van der Waals surface area contributed by atoms with Crippen molar-refractivity contribution in [2.75, 3.05) is 39.4 Å². The van der Waals surface area contributed by atoms with Crippen LogP contribution in [0.5, 0.6) is 0 Å². The molecule has 0 radical (unpaired) electrons. The van der Waals surface area contributed by atoms with Crippen LogP contribution in [0.3, 0.4) is 0 Å². The van der Waals surface area contributed by atoms with E-state index in [-0.39, 0.29) is 23.9 Å². The monoisotopic (exact) mass is 411 g/mol. The van der Waals surface area contributed by atoms with E-state index in [1.807, 2.05) is 48.5 Å². The highest BCUT2D eigenvalue weighted by Crippen LogP contribution is 2.26. The summed E-state index contributed by atoms with van der Waals surface area (Å²) < 4.78 is 7.21. The lowest BCUT2D eigenvalue weighted by atomic mass is 10.0. The average molecular weight is 412 g/mol. The van der Waals surface area contributed by atoms with Gasteiger partial charge >= 0.3 is 0 Å². The maximum atomic E-state index is 13.5. The van der Waals surface area contributed by atoms with Crippen molar-refractivity contribution in [3.63, 3.8) is 0 Å². The van der Waals surface area contributed by atoms with E-state index in [1.54, 1.807) is 10.9 Å². The van der Waals surface area contributed by atoms with Gasteiger partial charge in [-0.25, -0.2) is 0 Å². The molecule has 8 nitrogen and oxygen atoms in total. The first kappa shape index (κ1) is 20.6. The third-order valence-electron chi connectivity index (χ3n) is 5.86. The minimum absolute atomic E-state index is 0.0538. The van der Waals surface area contributed by atoms with Gasteiger partial charge in [-0.2, -0.15) is 5.10 Å². The molecule has 3 heterocycles. The lowest BCUT2D eigenvalue weighted by Gasteiger charge is -2.39. The molecule has 0 bridgehead atoms. The van der Waals surface area contributed by atoms with E-state index in [1.165, 1.54) is 0 Å². The molecule has 0 spiro atoms. The number of carbonyl (C=O) groups excluding carboxylic acids is 2. The molecule has 2 aliphatic rings. The maximum absolute atomic E-state index is 13.5. The third-order valence-corrected chi connectivity index (χ3v) is 5.86. The molecule has 30 heavy (non-hydrogen) atoms. The van der Waals surface area contributed by atoms with Crippen molar-refractivity contribution in [3.8, 4) is 0 Å². The van der Waals surface area contributed by atoms with Gasteiger partial charge in [-0.3, -0.25) is 19.2 Å². The predicted octanol–water partition coefficient (Wildman–Crippen LogP) is 1.21. The van der Waals surface area contributed by atoms with E-state index in [4.69, 9.17) is 4.74 Å². The molecule has 2 saturated heterocycles. The fourth-order valence-corrected chi connectivity index (χ4v) is 4.20. The Balaban J connectivity index is 1.38. The fraction of sp³-hybridized carbons (Fsp3) is 0.500. The molecule has 2 aromatic rings. The lowest BCUT2D eigenvalue weighted by Crippen LogP contribution is -2.51. The number of carbonyl (C=O) groups is 2. The Labute approximate surface area is 176 Å². The Morgan fingerprint density at radius 3 is 2.43 bits per heavy atom. The van der Waals surface area contributed by atoms with Crippen LogP contribution in [0.4, 0.5) is 0 Å². The molecule has 1 aromatic carbocycles. The molecule has 0 saturated carbocycles. The summed E-state index contributed by atoms with van der Waals surface area (Å²) in [6.45, 7) is 4.01. The van der Waals surface area contributed by atoms with Crippen LogP contribution in [0.25, 0.3) is 0 Å². The SMILES string of the molecule is Cn1cc([C@@H](C(=O)N2CCC(NC(=O)c3ccccc3)CC2)N2CCOCC2)cn1. The van der Waals surface area contributed by atoms with Gasteiger partial charge in [0.2, 0.25) is 5.91 Å². The number of likely N-dealkylation sites (tertiary alicyclic amines) is 1. The van der Waals surface area contributed by atoms with Crippen molar-refractivity contribution < 1.29 is 14.3 Å². The summed E-state index contributed by atoms with van der Waals surface area (Å²) in [6.07, 6.45) is 5.22. The van der Waals surface area contributed by atoms with E-state index < -0.39 is 0 Å². The van der Waals surface area contributed by atoms with Crippen LogP contribution in [-0.4, -0.2) is 76.8 Å². The van der Waals surface area contributed by atoms with Crippen molar-refractivity contribution in [1.82, 2.24) is 24.9 Å². The van der Waals surface area contributed by atoms with Crippen LogP contribution in [-0.2, 0) is 16.6 Å². The highest BCUT2D eigenvalue weighted by atomic mass is 16.5. The number of morpholine rings is 1. The molecule has 2 fully saturated rings. The van der Waals surface area contributed by atoms with Crippen molar-refractivity contribution in [2.24, 2.45) is 7.05 Å². The maximum Gasteiger partial charge on any atom is 0.251 e. The van der Waals surface area contributed by atoms with Gasteiger partial charge in [-0.05, 0) is 25.0 Å². The minimum Gasteiger partial charge on any atom is -0.379 e. The summed E-state index contributed by atoms with van der Waals surface area (Å²) in [5, 5.41) is 7.38. The molecule has 4 rings (SSSR count). The summed E-state index contributed by atoms with van der Waals surface area (Å²) in [5.74, 6) is 0.0552. The number of ether oxygens (including phenoxy) is 1. The van der Waals surface area contributed by atoms with Crippen molar-refractivity contribution >= 4 is 11.8 Å². The molecule has 0 unspecified atom stereocenters. The number of hydrogen-bond donors (Lipinski definition) is 1. The zero-order chi connectivity index (χ0) is 20.9. The van der Waals surface area contributed by atoms with Gasteiger partial charge in [-0.1, -0.05) is 18.2 Å². The summed E-state index contributed by atoms with van der Waals surface area (Å²) >= 11 is 0. The molecule has 1 aromatic heterocycles. The van der Waals surface area contributed by atoms with Gasteiger partial charge in [0.15, 0.2) is 0 Å². The van der Waals surface area contributed by atoms with Gasteiger partial charge in [0.25, 0.3) is 5.91 Å². The number of rotatable bonds is 5. The largest absolute Gasteiger partial charge is 0.379 e. The number of nitrogens with zero attached hydrogens (tertiary/aromatic N) is 4. The molecule has 2 amide bonds. The Hall–Kier alpha value is -2.71. The normalized spacial score (nSPS) is 19.4. The Bertz CT molecular complexity index is 855. The molecular formula is C22H29N5O3. The van der Waals surface area contributed by atoms with Gasteiger partial charge < -0.3 is 15.0 Å². The molecule has 1 atom stereocenters. The van der Waals surface area contributed by atoms with Gasteiger partial charge in [-0.15, -0.1) is 0 Å². The average Bonchev–Trinajstić information content (AvgIpc) is 3.21. The lowest BCUT2D eigenvalue weighted by molar-refractivity contribution is -0.140. The van der Waals surface area contributed by atoms with Crippen molar-refractivity contribution in [3.05, 3.63) is 53.9 Å². The van der Waals surface area contributed by atoms with Crippen LogP contribution in [0.2, 0.25) is 0 Å². The number of hydrogen-bond acceptors (Lipinski definition) is 5. The summed E-state index contributed by atoms with van der Waals surface area (Å²) in [5.41, 5.74) is 1.59. The van der Waals surface area contributed by atoms with E-state index in [2.05, 4.69) is 15.3 Å². The number of aromatic nitrogens is 2. The number of piperidine rings is 1. The topological polar surface area (TPSA) is 79.7 Å². The Morgan fingerprint density at radius 1 is 1.10 bits per heavy atom. The van der Waals surface area contributed by atoms with Crippen LogP contribution in [0.1, 0.15) is 34.8 Å². The smallest absolute Gasteiger partial charge is 0.251 e. The molecular weight excluding hydrogens is 382 g/mol. The first-order valence-electron chi connectivity index (χ1n) is 10.6. The Kier molecular flexibility index (Phi) is 6.44. The molecule has 160 valence electrons. The van der Waals surface area contributed by atoms with Crippen LogP contribution in [0.15, 0.2) is 42.7 Å². The highest BCUT2D eigenvalue weighted by molar-refractivity contribution is 5.94. The highest BCUT2D eigenvalue weighted by Gasteiger charge is 2.35. The second-order valence-corrected chi connectivity index (χ2v) is 7.94. The Morgan fingerprint density at radius 2 is 1.80 bits per heavy atom. The second kappa shape index (κ2) is 9.40. The molecule has 2 aliphatic heterocycles. The first-order valence-corrected chi connectivity index (χ1v) is 10.6. The van der Waals surface area contributed by atoms with Crippen LogP contribution >= 0.6 is 0 Å². The standard InChI is InChI=1S/C22H29N5O3/c1-25-16-18(15-23-25)20(26-11-13-30-14-12-26)22(29)27-9-7-19(8-10-27)24-21(28)17-5-3-2-4-6-17/h2-6,15-16,19-20H,7-14H2,1H3,(H,24,28)/t20-/m0/s1. The van der Waals surface area contributed by atoms with E-state index in [0.29, 0.717) is 31.9 Å². The van der Waals surface area contributed by atoms with E-state index in [9.17, 15) is 9.59 Å². The van der Waals surface area contributed by atoms with E-state index in [0.717, 1.165) is 31.5 Å². The van der Waals surface area contributed by atoms with Crippen LogP contribution < -0.4 is 5.32 Å². The van der Waals surface area contributed by atoms with Crippen molar-refractivity contribution in [1.29, 1.82) is 0 Å². The van der Waals surface area contributed by atoms with Crippen LogP contribution in [0, 0.1) is 0 Å². The quantitative estimate of drug-likeness (QED) is 0.800. The minimum atomic E-state index is -0.335. The van der Waals surface area contributed by atoms with Gasteiger partial charge in [0.1, 0.15) is 6.04 Å². The first-order chi connectivity index (χ1) is 14.6. The number of nitrogens with one attached hydrogen (secondary N) is 1. The molecule has 8 heteroatoms. The van der Waals surface area contributed by atoms with E-state index >= 15 is 0 Å².